The normalized spacial score (nSPS) is 12.3. The molecule has 0 heterocycles. The Bertz CT molecular complexity index is 479. The number of hydrogen-bond donors (Lipinski definition) is 3. The summed E-state index contributed by atoms with van der Waals surface area (Å²) in [6, 6.07) is 2.45. The van der Waals surface area contributed by atoms with E-state index in [0.29, 0.717) is 0 Å². The Morgan fingerprint density at radius 1 is 1.16 bits per heavy atom. The number of carboxylic acid groups (broad SMARTS) is 1. The van der Waals surface area contributed by atoms with Crippen LogP contribution in [0.15, 0.2) is 12.1 Å². The Balaban J connectivity index is 3.16. The second kappa shape index (κ2) is 4.77. The topological polar surface area (TPSA) is 87.0 Å². The van der Waals surface area contributed by atoms with Crippen molar-refractivity contribution >= 4 is 14.3 Å². The van der Waals surface area contributed by atoms with Gasteiger partial charge in [-0.3, -0.25) is 0 Å². The van der Waals surface area contributed by atoms with Gasteiger partial charge < -0.3 is 19.7 Å². The smallest absolute Gasteiger partial charge is 0.343 e. The molecule has 1 aromatic carbocycles. The van der Waals surface area contributed by atoms with Crippen LogP contribution in [-0.4, -0.2) is 29.6 Å². The lowest BCUT2D eigenvalue weighted by atomic mass is 10.1. The molecule has 0 bridgehead atoms. The third-order valence-corrected chi connectivity index (χ3v) is 7.82. The highest BCUT2D eigenvalue weighted by Gasteiger charge is 2.39. The lowest BCUT2D eigenvalue weighted by Gasteiger charge is -2.36. The minimum atomic E-state index is -2.11. The van der Waals surface area contributed by atoms with Crippen molar-refractivity contribution < 1.29 is 24.5 Å². The van der Waals surface area contributed by atoms with Crippen molar-refractivity contribution in [1.29, 1.82) is 0 Å². The predicted molar refractivity (Wildman–Crippen MR) is 74.6 cm³/mol. The van der Waals surface area contributed by atoms with E-state index in [2.05, 4.69) is 20.8 Å². The third kappa shape index (κ3) is 3.20. The van der Waals surface area contributed by atoms with E-state index in [9.17, 15) is 15.0 Å². The molecular formula is C13H20O5Si. The Kier molecular flexibility index (Phi) is 3.86. The molecule has 0 saturated carbocycles. The molecule has 0 saturated heterocycles. The van der Waals surface area contributed by atoms with Gasteiger partial charge >= 0.3 is 5.97 Å². The molecule has 0 aliphatic rings. The van der Waals surface area contributed by atoms with Crippen LogP contribution in [0.25, 0.3) is 0 Å². The SMILES string of the molecule is CC(C)(C)[Si](C)(C)Oc1cc(O)c(C(=O)O)c(O)c1. The zero-order valence-corrected chi connectivity index (χ0v) is 12.8. The summed E-state index contributed by atoms with van der Waals surface area (Å²) >= 11 is 0. The number of aromatic hydroxyl groups is 2. The van der Waals surface area contributed by atoms with Gasteiger partial charge in [-0.2, -0.15) is 0 Å². The summed E-state index contributed by atoms with van der Waals surface area (Å²) in [5, 5.41) is 28.1. The van der Waals surface area contributed by atoms with Crippen molar-refractivity contribution in [3.8, 4) is 17.2 Å². The summed E-state index contributed by atoms with van der Waals surface area (Å²) in [6.07, 6.45) is 0. The maximum absolute atomic E-state index is 10.8. The van der Waals surface area contributed by atoms with Crippen molar-refractivity contribution in [2.45, 2.75) is 38.9 Å². The average molecular weight is 284 g/mol. The minimum Gasteiger partial charge on any atom is -0.543 e. The van der Waals surface area contributed by atoms with Gasteiger partial charge in [-0.25, -0.2) is 4.79 Å². The predicted octanol–water partition coefficient (Wildman–Crippen LogP) is 3.18. The van der Waals surface area contributed by atoms with Crippen molar-refractivity contribution in [3.63, 3.8) is 0 Å². The average Bonchev–Trinajstić information content (AvgIpc) is 2.12. The fraction of sp³-hybridized carbons (Fsp3) is 0.462. The molecule has 6 heteroatoms. The molecule has 0 aliphatic heterocycles. The van der Waals surface area contributed by atoms with Crippen molar-refractivity contribution in [3.05, 3.63) is 17.7 Å². The number of rotatable bonds is 3. The Morgan fingerprint density at radius 3 is 1.89 bits per heavy atom. The van der Waals surface area contributed by atoms with E-state index in [4.69, 9.17) is 9.53 Å². The molecule has 0 spiro atoms. The van der Waals surface area contributed by atoms with Crippen LogP contribution in [-0.2, 0) is 0 Å². The van der Waals surface area contributed by atoms with Gasteiger partial charge in [0.25, 0.3) is 0 Å². The summed E-state index contributed by atoms with van der Waals surface area (Å²) in [5.74, 6) is -2.09. The number of benzene rings is 1. The largest absolute Gasteiger partial charge is 0.543 e. The van der Waals surface area contributed by atoms with E-state index in [1.807, 2.05) is 13.1 Å². The fourth-order valence-electron chi connectivity index (χ4n) is 1.31. The number of carbonyl (C=O) groups is 1. The molecule has 0 aromatic heterocycles. The molecule has 0 amide bonds. The van der Waals surface area contributed by atoms with Gasteiger partial charge in [-0.15, -0.1) is 0 Å². The van der Waals surface area contributed by atoms with Gasteiger partial charge in [0.15, 0.2) is 0 Å². The number of aromatic carboxylic acids is 1. The standard InChI is InChI=1S/C13H20O5Si/c1-13(2,3)19(4,5)18-8-6-9(14)11(12(16)17)10(15)7-8/h6-7,14-15H,1-5H3,(H,16,17). The highest BCUT2D eigenvalue weighted by atomic mass is 28.4. The second-order valence-corrected chi connectivity index (χ2v) is 10.7. The molecule has 1 rings (SSSR count). The first kappa shape index (κ1) is 15.4. The Hall–Kier alpha value is -1.69. The first-order chi connectivity index (χ1) is 8.45. The molecule has 0 unspecified atom stereocenters. The van der Waals surface area contributed by atoms with Crippen molar-refractivity contribution in [1.82, 2.24) is 0 Å². The first-order valence-corrected chi connectivity index (χ1v) is 8.85. The van der Waals surface area contributed by atoms with E-state index < -0.39 is 31.3 Å². The first-order valence-electron chi connectivity index (χ1n) is 5.94. The molecule has 5 nitrogen and oxygen atoms in total. The van der Waals surface area contributed by atoms with Crippen LogP contribution in [0.2, 0.25) is 18.1 Å². The van der Waals surface area contributed by atoms with E-state index in [0.717, 1.165) is 0 Å². The van der Waals surface area contributed by atoms with Crippen LogP contribution in [0, 0.1) is 0 Å². The summed E-state index contributed by atoms with van der Waals surface area (Å²) in [6.45, 7) is 10.2. The van der Waals surface area contributed by atoms with Gasteiger partial charge in [-0.1, -0.05) is 20.8 Å². The van der Waals surface area contributed by atoms with Crippen molar-refractivity contribution in [2.24, 2.45) is 0 Å². The van der Waals surface area contributed by atoms with Crippen LogP contribution in [0.5, 0.6) is 17.2 Å². The zero-order chi connectivity index (χ0) is 15.0. The highest BCUT2D eigenvalue weighted by molar-refractivity contribution is 6.74. The highest BCUT2D eigenvalue weighted by Crippen LogP contribution is 2.40. The van der Waals surface area contributed by atoms with Gasteiger partial charge in [0.05, 0.1) is 0 Å². The number of carboxylic acids is 1. The van der Waals surface area contributed by atoms with Crippen LogP contribution in [0.4, 0.5) is 0 Å². The molecule has 0 atom stereocenters. The van der Waals surface area contributed by atoms with E-state index >= 15 is 0 Å². The quantitative estimate of drug-likeness (QED) is 0.742. The van der Waals surface area contributed by atoms with Crippen LogP contribution in [0.1, 0.15) is 31.1 Å². The molecule has 19 heavy (non-hydrogen) atoms. The maximum atomic E-state index is 10.8. The third-order valence-electron chi connectivity index (χ3n) is 3.46. The van der Waals surface area contributed by atoms with Crippen LogP contribution in [0.3, 0.4) is 0 Å². The number of hydrogen-bond acceptors (Lipinski definition) is 4. The number of phenols is 2. The molecule has 106 valence electrons. The van der Waals surface area contributed by atoms with Crippen LogP contribution < -0.4 is 4.43 Å². The van der Waals surface area contributed by atoms with Gasteiger partial charge in [0.2, 0.25) is 8.32 Å². The maximum Gasteiger partial charge on any atom is 0.343 e. The van der Waals surface area contributed by atoms with Crippen LogP contribution >= 0.6 is 0 Å². The second-order valence-electron chi connectivity index (χ2n) is 6.00. The summed E-state index contributed by atoms with van der Waals surface area (Å²) in [5.41, 5.74) is -0.511. The molecular weight excluding hydrogens is 264 g/mol. The van der Waals surface area contributed by atoms with Gasteiger partial charge in [0.1, 0.15) is 22.8 Å². The lowest BCUT2D eigenvalue weighted by molar-refractivity contribution is 0.0690. The molecule has 0 radical (unpaired) electrons. The van der Waals surface area contributed by atoms with E-state index in [1.165, 1.54) is 12.1 Å². The molecule has 1 aromatic rings. The summed E-state index contributed by atoms with van der Waals surface area (Å²) < 4.78 is 5.89. The minimum absolute atomic E-state index is 0.0380. The lowest BCUT2D eigenvalue weighted by Crippen LogP contribution is -2.43. The monoisotopic (exact) mass is 284 g/mol. The Morgan fingerprint density at radius 2 is 1.58 bits per heavy atom. The molecule has 3 N–H and O–H groups in total. The zero-order valence-electron chi connectivity index (χ0n) is 11.8. The fourth-order valence-corrected chi connectivity index (χ4v) is 2.33. The van der Waals surface area contributed by atoms with Crippen molar-refractivity contribution in [2.75, 3.05) is 0 Å². The van der Waals surface area contributed by atoms with Gasteiger partial charge in [-0.05, 0) is 18.1 Å². The van der Waals surface area contributed by atoms with E-state index in [1.54, 1.807) is 0 Å². The van der Waals surface area contributed by atoms with E-state index in [-0.39, 0.29) is 10.8 Å². The molecule has 0 aliphatic carbocycles. The Labute approximate surface area is 113 Å². The summed E-state index contributed by atoms with van der Waals surface area (Å²) in [7, 11) is -2.11. The summed E-state index contributed by atoms with van der Waals surface area (Å²) in [4.78, 5) is 10.8. The molecule has 0 fully saturated rings. The van der Waals surface area contributed by atoms with Gasteiger partial charge in [0, 0.05) is 12.1 Å².